The molecule has 1 saturated heterocycles. The summed E-state index contributed by atoms with van der Waals surface area (Å²) in [5.41, 5.74) is 0.837. The van der Waals surface area contributed by atoms with Crippen LogP contribution in [-0.4, -0.2) is 53.9 Å². The van der Waals surface area contributed by atoms with Crippen LogP contribution in [0.5, 0.6) is 5.88 Å². The quantitative estimate of drug-likeness (QED) is 0.841. The molecule has 0 radical (unpaired) electrons. The third-order valence-corrected chi connectivity index (χ3v) is 3.42. The maximum Gasteiger partial charge on any atom is 0.407 e. The van der Waals surface area contributed by atoms with Crippen LogP contribution in [0, 0.1) is 0 Å². The molecule has 2 heterocycles. The Morgan fingerprint density at radius 2 is 2.26 bits per heavy atom. The van der Waals surface area contributed by atoms with E-state index in [0.717, 1.165) is 5.69 Å². The summed E-state index contributed by atoms with van der Waals surface area (Å²) in [5, 5.41) is 9.38. The Hall–Kier alpha value is -1.69. The first-order chi connectivity index (χ1) is 9.02. The van der Waals surface area contributed by atoms with Crippen molar-refractivity contribution in [1.82, 2.24) is 9.88 Å². The van der Waals surface area contributed by atoms with Crippen LogP contribution in [-0.2, 0) is 0 Å². The molecule has 0 unspecified atom stereocenters. The van der Waals surface area contributed by atoms with Gasteiger partial charge in [0, 0.05) is 25.7 Å². The molecule has 1 amide bonds. The van der Waals surface area contributed by atoms with Gasteiger partial charge in [0.2, 0.25) is 5.88 Å². The summed E-state index contributed by atoms with van der Waals surface area (Å²) in [4.78, 5) is 18.6. The van der Waals surface area contributed by atoms with Crippen molar-refractivity contribution in [3.63, 3.8) is 0 Å². The molecule has 0 spiro atoms. The first kappa shape index (κ1) is 13.7. The van der Waals surface area contributed by atoms with E-state index < -0.39 is 6.09 Å². The van der Waals surface area contributed by atoms with Gasteiger partial charge in [-0.25, -0.2) is 4.79 Å². The minimum atomic E-state index is -0.882. The Balaban J connectivity index is 2.21. The summed E-state index contributed by atoms with van der Waals surface area (Å²) in [6.45, 7) is 3.50. The topological polar surface area (TPSA) is 65.9 Å². The Labute approximate surface area is 116 Å². The van der Waals surface area contributed by atoms with Gasteiger partial charge in [0.05, 0.1) is 7.11 Å². The highest BCUT2D eigenvalue weighted by atomic mass is 35.5. The lowest BCUT2D eigenvalue weighted by atomic mass is 10.1. The second-order valence-electron chi connectivity index (χ2n) is 4.43. The highest BCUT2D eigenvalue weighted by Crippen LogP contribution is 2.30. The number of ether oxygens (including phenoxy) is 1. The molecule has 0 saturated carbocycles. The van der Waals surface area contributed by atoms with Gasteiger partial charge in [0.1, 0.15) is 10.8 Å². The third-order valence-electron chi connectivity index (χ3n) is 3.21. The van der Waals surface area contributed by atoms with Crippen molar-refractivity contribution >= 4 is 23.4 Å². The van der Waals surface area contributed by atoms with Gasteiger partial charge in [0.15, 0.2) is 0 Å². The summed E-state index contributed by atoms with van der Waals surface area (Å²) >= 11 is 5.84. The number of aromatic nitrogens is 1. The smallest absolute Gasteiger partial charge is 0.407 e. The average molecular weight is 286 g/mol. The predicted octanol–water partition coefficient (Wildman–Crippen LogP) is 1.93. The molecule has 1 aromatic heterocycles. The normalized spacial score (nSPS) is 19.4. The number of nitrogens with zero attached hydrogens (tertiary/aromatic N) is 3. The molecule has 1 aliphatic heterocycles. The van der Waals surface area contributed by atoms with Crippen molar-refractivity contribution in [3.8, 4) is 5.88 Å². The average Bonchev–Trinajstić information content (AvgIpc) is 2.38. The fourth-order valence-electron chi connectivity index (χ4n) is 2.27. The summed E-state index contributed by atoms with van der Waals surface area (Å²) < 4.78 is 5.23. The van der Waals surface area contributed by atoms with Crippen molar-refractivity contribution in [2.24, 2.45) is 0 Å². The number of hydrogen-bond acceptors (Lipinski definition) is 4. The van der Waals surface area contributed by atoms with E-state index in [1.807, 2.05) is 13.0 Å². The van der Waals surface area contributed by atoms with E-state index in [0.29, 0.717) is 30.7 Å². The number of hydrogen-bond donors (Lipinski definition) is 1. The van der Waals surface area contributed by atoms with Crippen LogP contribution in [0.2, 0.25) is 5.15 Å². The molecule has 1 aromatic rings. The number of pyridine rings is 1. The number of methoxy groups -OCH3 is 1. The monoisotopic (exact) mass is 285 g/mol. The van der Waals surface area contributed by atoms with E-state index in [1.165, 1.54) is 4.90 Å². The maximum absolute atomic E-state index is 11.0. The van der Waals surface area contributed by atoms with Gasteiger partial charge in [-0.15, -0.1) is 0 Å². The molecule has 2 rings (SSSR count). The second kappa shape index (κ2) is 5.52. The van der Waals surface area contributed by atoms with Crippen LogP contribution in [0.3, 0.4) is 0 Å². The van der Waals surface area contributed by atoms with E-state index in [1.54, 1.807) is 13.2 Å². The van der Waals surface area contributed by atoms with Crippen molar-refractivity contribution in [1.29, 1.82) is 0 Å². The van der Waals surface area contributed by atoms with E-state index in [4.69, 9.17) is 21.4 Å². The fraction of sp³-hybridized carbons (Fsp3) is 0.500. The molecule has 104 valence electrons. The first-order valence-electron chi connectivity index (χ1n) is 5.98. The molecule has 1 aliphatic rings. The minimum absolute atomic E-state index is 0.0572. The van der Waals surface area contributed by atoms with Gasteiger partial charge in [0.25, 0.3) is 0 Å². The van der Waals surface area contributed by atoms with Crippen LogP contribution in [0.4, 0.5) is 10.5 Å². The van der Waals surface area contributed by atoms with Crippen LogP contribution in [0.25, 0.3) is 0 Å². The van der Waals surface area contributed by atoms with Crippen molar-refractivity contribution in [3.05, 3.63) is 17.3 Å². The SMILES string of the molecule is COc1nc(Cl)ccc1N1CCN(C(=O)O)C[C@H]1C. The van der Waals surface area contributed by atoms with E-state index in [-0.39, 0.29) is 6.04 Å². The molecule has 1 N–H and O–H groups in total. The molecule has 0 bridgehead atoms. The predicted molar refractivity (Wildman–Crippen MR) is 72.2 cm³/mol. The zero-order chi connectivity index (χ0) is 14.0. The fourth-order valence-corrected chi connectivity index (χ4v) is 2.41. The van der Waals surface area contributed by atoms with Crippen LogP contribution < -0.4 is 9.64 Å². The molecular weight excluding hydrogens is 270 g/mol. The molecule has 19 heavy (non-hydrogen) atoms. The zero-order valence-corrected chi connectivity index (χ0v) is 11.6. The molecule has 7 heteroatoms. The lowest BCUT2D eigenvalue weighted by Gasteiger charge is -2.40. The van der Waals surface area contributed by atoms with Gasteiger partial charge in [-0.1, -0.05) is 11.6 Å². The zero-order valence-electron chi connectivity index (χ0n) is 10.8. The highest BCUT2D eigenvalue weighted by molar-refractivity contribution is 6.29. The summed E-state index contributed by atoms with van der Waals surface area (Å²) in [7, 11) is 1.54. The lowest BCUT2D eigenvalue weighted by molar-refractivity contribution is 0.136. The third kappa shape index (κ3) is 2.84. The molecular formula is C12H16ClN3O3. The summed E-state index contributed by atoms with van der Waals surface area (Å²) in [5.74, 6) is 0.461. The van der Waals surface area contributed by atoms with Crippen LogP contribution in [0.1, 0.15) is 6.92 Å². The molecule has 1 atom stereocenters. The van der Waals surface area contributed by atoms with Gasteiger partial charge in [-0.2, -0.15) is 4.98 Å². The molecule has 1 fully saturated rings. The van der Waals surface area contributed by atoms with Gasteiger partial charge >= 0.3 is 6.09 Å². The number of halogens is 1. The largest absolute Gasteiger partial charge is 0.479 e. The van der Waals surface area contributed by atoms with Crippen LogP contribution in [0.15, 0.2) is 12.1 Å². The van der Waals surface area contributed by atoms with Gasteiger partial charge in [-0.3, -0.25) is 0 Å². The first-order valence-corrected chi connectivity index (χ1v) is 6.35. The Morgan fingerprint density at radius 3 is 2.84 bits per heavy atom. The second-order valence-corrected chi connectivity index (χ2v) is 4.82. The molecule has 0 aliphatic carbocycles. The number of anilines is 1. The van der Waals surface area contributed by atoms with Crippen molar-refractivity contribution < 1.29 is 14.6 Å². The van der Waals surface area contributed by atoms with E-state index in [9.17, 15) is 4.79 Å². The number of carboxylic acid groups (broad SMARTS) is 1. The maximum atomic E-state index is 11.0. The van der Waals surface area contributed by atoms with E-state index >= 15 is 0 Å². The minimum Gasteiger partial charge on any atom is -0.479 e. The molecule has 6 nitrogen and oxygen atoms in total. The van der Waals surface area contributed by atoms with Crippen LogP contribution >= 0.6 is 11.6 Å². The van der Waals surface area contributed by atoms with E-state index in [2.05, 4.69) is 9.88 Å². The van der Waals surface area contributed by atoms with Crippen molar-refractivity contribution in [2.75, 3.05) is 31.6 Å². The van der Waals surface area contributed by atoms with Crippen molar-refractivity contribution in [2.45, 2.75) is 13.0 Å². The number of carbonyl (C=O) groups is 1. The van der Waals surface area contributed by atoms with Gasteiger partial charge in [-0.05, 0) is 19.1 Å². The number of amides is 1. The standard InChI is InChI=1S/C12H16ClN3O3/c1-8-7-15(12(17)18)5-6-16(8)9-3-4-10(13)14-11(9)19-2/h3-4,8H,5-7H2,1-2H3,(H,17,18)/t8-/m1/s1. The molecule has 0 aromatic carbocycles. The number of rotatable bonds is 2. The number of piperazine rings is 1. The highest BCUT2D eigenvalue weighted by Gasteiger charge is 2.28. The summed E-state index contributed by atoms with van der Waals surface area (Å²) in [6, 6.07) is 3.61. The Bertz CT molecular complexity index is 483. The summed E-state index contributed by atoms with van der Waals surface area (Å²) in [6.07, 6.45) is -0.882. The Morgan fingerprint density at radius 1 is 1.53 bits per heavy atom. The van der Waals surface area contributed by atoms with Gasteiger partial charge < -0.3 is 19.6 Å². The lowest BCUT2D eigenvalue weighted by Crippen LogP contribution is -2.53. The Kier molecular flexibility index (Phi) is 3.99.